The molecule has 0 spiro atoms. The lowest BCUT2D eigenvalue weighted by atomic mass is 10.1. The zero-order valence-corrected chi connectivity index (χ0v) is 8.20. The van der Waals surface area contributed by atoms with E-state index in [0.717, 1.165) is 5.56 Å². The van der Waals surface area contributed by atoms with Gasteiger partial charge >= 0.3 is 5.97 Å². The minimum absolute atomic E-state index is 0.210. The van der Waals surface area contributed by atoms with E-state index in [4.69, 9.17) is 16.3 Å². The summed E-state index contributed by atoms with van der Waals surface area (Å²) in [5, 5.41) is 0. The monoisotopic (exact) mass is 208 g/mol. The molecule has 0 saturated heterocycles. The molecule has 0 aliphatic carbocycles. The van der Waals surface area contributed by atoms with Crippen LogP contribution in [0.1, 0.15) is 11.7 Å². The Bertz CT molecular complexity index is 370. The van der Waals surface area contributed by atoms with E-state index in [1.54, 1.807) is 6.08 Å². The highest BCUT2D eigenvalue weighted by molar-refractivity contribution is 6.22. The third-order valence-corrected chi connectivity index (χ3v) is 2.41. The molecule has 0 N–H and O–H groups in total. The van der Waals surface area contributed by atoms with Crippen LogP contribution in [0.2, 0.25) is 0 Å². The highest BCUT2D eigenvalue weighted by Crippen LogP contribution is 2.27. The Morgan fingerprint density at radius 3 is 2.57 bits per heavy atom. The van der Waals surface area contributed by atoms with Gasteiger partial charge in [0, 0.05) is 0 Å². The molecule has 72 valence electrons. The smallest absolute Gasteiger partial charge is 0.335 e. The first-order chi connectivity index (χ1) is 6.81. The Kier molecular flexibility index (Phi) is 2.55. The molecule has 1 atom stereocenters. The summed E-state index contributed by atoms with van der Waals surface area (Å²) in [6.45, 7) is 0. The van der Waals surface area contributed by atoms with Gasteiger partial charge in [-0.2, -0.15) is 0 Å². The Labute approximate surface area is 87.1 Å². The van der Waals surface area contributed by atoms with E-state index in [1.807, 2.05) is 30.3 Å². The summed E-state index contributed by atoms with van der Waals surface area (Å²) in [7, 11) is 0. The fourth-order valence-corrected chi connectivity index (χ4v) is 1.58. The number of hydrogen-bond donors (Lipinski definition) is 0. The van der Waals surface area contributed by atoms with Gasteiger partial charge in [-0.1, -0.05) is 30.3 Å². The molecule has 0 bridgehead atoms. The third-order valence-electron chi connectivity index (χ3n) is 2.12. The van der Waals surface area contributed by atoms with Crippen molar-refractivity contribution in [1.29, 1.82) is 0 Å². The number of benzene rings is 1. The topological polar surface area (TPSA) is 26.3 Å². The van der Waals surface area contributed by atoms with Crippen molar-refractivity contribution in [3.8, 4) is 0 Å². The number of carbonyl (C=O) groups is 1. The van der Waals surface area contributed by atoms with Crippen molar-refractivity contribution in [2.24, 2.45) is 0 Å². The van der Waals surface area contributed by atoms with Gasteiger partial charge in [0.15, 0.2) is 0 Å². The number of carbonyl (C=O) groups excluding carboxylic acids is 1. The maximum atomic E-state index is 11.2. The molecule has 3 heteroatoms. The zero-order chi connectivity index (χ0) is 9.97. The van der Waals surface area contributed by atoms with Gasteiger partial charge in [0.2, 0.25) is 0 Å². The second-order valence-corrected chi connectivity index (χ2v) is 3.33. The number of esters is 1. The number of alkyl halides is 1. The highest BCUT2D eigenvalue weighted by Gasteiger charge is 2.25. The van der Waals surface area contributed by atoms with Crippen LogP contribution in [-0.2, 0) is 9.53 Å². The lowest BCUT2D eigenvalue weighted by Crippen LogP contribution is -2.02. The third kappa shape index (κ3) is 1.66. The highest BCUT2D eigenvalue weighted by atomic mass is 35.5. The molecule has 0 amide bonds. The summed E-state index contributed by atoms with van der Waals surface area (Å²) >= 11 is 5.59. The summed E-state index contributed by atoms with van der Waals surface area (Å²) < 4.78 is 5.13. The Hall–Kier alpha value is -1.28. The molecular weight excluding hydrogens is 200 g/mol. The Morgan fingerprint density at radius 2 is 2.00 bits per heavy atom. The van der Waals surface area contributed by atoms with Crippen LogP contribution in [0.3, 0.4) is 0 Å². The lowest BCUT2D eigenvalue weighted by molar-refractivity contribution is -0.139. The minimum atomic E-state index is -0.311. The summed E-state index contributed by atoms with van der Waals surface area (Å²) in [6, 6.07) is 9.59. The van der Waals surface area contributed by atoms with E-state index in [9.17, 15) is 4.79 Å². The second-order valence-electron chi connectivity index (χ2n) is 3.06. The molecule has 0 unspecified atom stereocenters. The average molecular weight is 209 g/mol. The fraction of sp³-hybridized carbons (Fsp3) is 0.182. The molecular formula is C11H9ClO2. The molecule has 1 heterocycles. The number of hydrogen-bond acceptors (Lipinski definition) is 2. The number of cyclic esters (lactones) is 1. The van der Waals surface area contributed by atoms with E-state index >= 15 is 0 Å². The molecule has 1 aromatic carbocycles. The van der Waals surface area contributed by atoms with Gasteiger partial charge < -0.3 is 4.74 Å². The van der Waals surface area contributed by atoms with Gasteiger partial charge in [-0.3, -0.25) is 0 Å². The normalized spacial score (nSPS) is 20.5. The standard InChI is InChI=1S/C11H9ClO2/c12-7-9-6-10(14-11(9)13)8-4-2-1-3-5-8/h1-6,10H,7H2/t10-/m1/s1. The van der Waals surface area contributed by atoms with Gasteiger partial charge in [0.1, 0.15) is 6.10 Å². The van der Waals surface area contributed by atoms with Crippen LogP contribution in [0.15, 0.2) is 42.0 Å². The SMILES string of the molecule is O=C1O[C@@H](c2ccccc2)C=C1CCl. The van der Waals surface area contributed by atoms with Crippen LogP contribution in [-0.4, -0.2) is 11.8 Å². The van der Waals surface area contributed by atoms with Crippen LogP contribution in [0.4, 0.5) is 0 Å². The largest absolute Gasteiger partial charge is 0.450 e. The van der Waals surface area contributed by atoms with E-state index in [1.165, 1.54) is 0 Å². The van der Waals surface area contributed by atoms with Gasteiger partial charge in [-0.15, -0.1) is 11.6 Å². The summed E-state index contributed by atoms with van der Waals surface area (Å²) in [6.07, 6.45) is 1.50. The average Bonchev–Trinajstić information content (AvgIpc) is 2.61. The first-order valence-electron chi connectivity index (χ1n) is 4.34. The van der Waals surface area contributed by atoms with Crippen LogP contribution in [0.25, 0.3) is 0 Å². The van der Waals surface area contributed by atoms with E-state index in [-0.39, 0.29) is 18.0 Å². The quantitative estimate of drug-likeness (QED) is 0.551. The van der Waals surface area contributed by atoms with Crippen molar-refractivity contribution in [2.45, 2.75) is 6.10 Å². The van der Waals surface area contributed by atoms with E-state index in [2.05, 4.69) is 0 Å². The lowest BCUT2D eigenvalue weighted by Gasteiger charge is -2.07. The first-order valence-corrected chi connectivity index (χ1v) is 4.87. The van der Waals surface area contributed by atoms with Crippen molar-refractivity contribution >= 4 is 17.6 Å². The van der Waals surface area contributed by atoms with Crippen LogP contribution < -0.4 is 0 Å². The van der Waals surface area contributed by atoms with Gasteiger partial charge in [0.05, 0.1) is 11.5 Å². The van der Waals surface area contributed by atoms with Crippen LogP contribution in [0, 0.1) is 0 Å². The fourth-order valence-electron chi connectivity index (χ4n) is 1.38. The molecule has 1 aliphatic rings. The van der Waals surface area contributed by atoms with Crippen molar-refractivity contribution in [1.82, 2.24) is 0 Å². The van der Waals surface area contributed by atoms with E-state index in [0.29, 0.717) is 5.57 Å². The van der Waals surface area contributed by atoms with Gasteiger partial charge in [-0.05, 0) is 11.6 Å². The van der Waals surface area contributed by atoms with E-state index < -0.39 is 0 Å². The molecule has 2 nitrogen and oxygen atoms in total. The van der Waals surface area contributed by atoms with Crippen LogP contribution >= 0.6 is 11.6 Å². The molecule has 1 aromatic rings. The maximum absolute atomic E-state index is 11.2. The molecule has 0 fully saturated rings. The van der Waals surface area contributed by atoms with Crippen molar-refractivity contribution in [3.63, 3.8) is 0 Å². The molecule has 0 saturated carbocycles. The molecule has 0 aromatic heterocycles. The predicted octanol–water partition coefficient (Wildman–Crippen LogP) is 2.45. The summed E-state index contributed by atoms with van der Waals surface area (Å²) in [5.41, 5.74) is 1.52. The number of ether oxygens (including phenoxy) is 1. The second kappa shape index (κ2) is 3.84. The Balaban J connectivity index is 2.24. The molecule has 2 rings (SSSR count). The summed E-state index contributed by atoms with van der Waals surface area (Å²) in [5.74, 6) is -0.101. The first kappa shape index (κ1) is 9.28. The minimum Gasteiger partial charge on any atom is -0.450 e. The number of rotatable bonds is 2. The van der Waals surface area contributed by atoms with Crippen molar-refractivity contribution < 1.29 is 9.53 Å². The summed E-state index contributed by atoms with van der Waals surface area (Å²) in [4.78, 5) is 11.2. The van der Waals surface area contributed by atoms with Crippen LogP contribution in [0.5, 0.6) is 0 Å². The van der Waals surface area contributed by atoms with Gasteiger partial charge in [0.25, 0.3) is 0 Å². The Morgan fingerprint density at radius 1 is 1.29 bits per heavy atom. The maximum Gasteiger partial charge on any atom is 0.335 e. The predicted molar refractivity (Wildman–Crippen MR) is 54.1 cm³/mol. The number of halogens is 1. The van der Waals surface area contributed by atoms with Crippen molar-refractivity contribution in [2.75, 3.05) is 5.88 Å². The molecule has 1 aliphatic heterocycles. The molecule has 0 radical (unpaired) electrons. The molecule has 14 heavy (non-hydrogen) atoms. The van der Waals surface area contributed by atoms with Crippen molar-refractivity contribution in [3.05, 3.63) is 47.5 Å². The van der Waals surface area contributed by atoms with Gasteiger partial charge in [-0.25, -0.2) is 4.79 Å². The zero-order valence-electron chi connectivity index (χ0n) is 7.44.